The highest BCUT2D eigenvalue weighted by atomic mass is 16.5. The van der Waals surface area contributed by atoms with Gasteiger partial charge in [-0.15, -0.1) is 0 Å². The summed E-state index contributed by atoms with van der Waals surface area (Å²) in [7, 11) is 3.29. The number of rotatable bonds is 7. The third-order valence-corrected chi connectivity index (χ3v) is 4.35. The van der Waals surface area contributed by atoms with Crippen molar-refractivity contribution >= 4 is 22.7 Å². The predicted molar refractivity (Wildman–Crippen MR) is 101 cm³/mol. The van der Waals surface area contributed by atoms with Crippen LogP contribution in [0.25, 0.3) is 11.1 Å². The molecule has 1 N–H and O–H groups in total. The number of aryl methyl sites for hydroxylation is 2. The Morgan fingerprint density at radius 2 is 1.92 bits per heavy atom. The summed E-state index contributed by atoms with van der Waals surface area (Å²) < 4.78 is 11.6. The van der Waals surface area contributed by atoms with Crippen molar-refractivity contribution in [1.82, 2.24) is 4.57 Å². The number of carbonyl (C=O) groups excluding carboxylic acids is 1. The molecule has 0 atom stereocenters. The van der Waals surface area contributed by atoms with Crippen molar-refractivity contribution in [2.45, 2.75) is 25.7 Å². The molecule has 1 amide bonds. The number of amides is 1. The van der Waals surface area contributed by atoms with E-state index in [9.17, 15) is 9.59 Å². The molecule has 0 saturated heterocycles. The molecule has 6 nitrogen and oxygen atoms in total. The second kappa shape index (κ2) is 7.91. The lowest BCUT2D eigenvalue weighted by Gasteiger charge is -2.06. The van der Waals surface area contributed by atoms with Gasteiger partial charge in [0.2, 0.25) is 5.91 Å². The Kier molecular flexibility index (Phi) is 5.41. The molecule has 1 heterocycles. The summed E-state index contributed by atoms with van der Waals surface area (Å²) >= 11 is 0. The van der Waals surface area contributed by atoms with Crippen molar-refractivity contribution in [3.63, 3.8) is 0 Å². The molecule has 3 rings (SSSR count). The fourth-order valence-electron chi connectivity index (χ4n) is 2.83. The van der Waals surface area contributed by atoms with Gasteiger partial charge in [0.05, 0.1) is 12.6 Å². The van der Waals surface area contributed by atoms with Gasteiger partial charge in [-0.3, -0.25) is 9.36 Å². The highest BCUT2D eigenvalue weighted by Crippen LogP contribution is 2.18. The molecule has 0 bridgehead atoms. The zero-order valence-corrected chi connectivity index (χ0v) is 15.0. The molecular weight excluding hydrogens is 332 g/mol. The minimum Gasteiger partial charge on any atom is -0.497 e. The summed E-state index contributed by atoms with van der Waals surface area (Å²) in [5.74, 6) is 0.398. The number of nitrogens with zero attached hydrogens (tertiary/aromatic N) is 1. The lowest BCUT2D eigenvalue weighted by Crippen LogP contribution is -2.11. The average molecular weight is 354 g/mol. The van der Waals surface area contributed by atoms with Crippen LogP contribution < -0.4 is 15.8 Å². The number of nitrogens with one attached hydrogen (secondary N) is 1. The molecule has 26 heavy (non-hydrogen) atoms. The second-order valence-electron chi connectivity index (χ2n) is 6.21. The quantitative estimate of drug-likeness (QED) is 0.659. The van der Waals surface area contributed by atoms with Gasteiger partial charge in [-0.05, 0) is 55.2 Å². The van der Waals surface area contributed by atoms with Crippen molar-refractivity contribution in [2.24, 2.45) is 7.05 Å². The highest BCUT2D eigenvalue weighted by molar-refractivity contribution is 5.92. The normalized spacial score (nSPS) is 10.8. The zero-order chi connectivity index (χ0) is 18.5. The summed E-state index contributed by atoms with van der Waals surface area (Å²) in [5, 5.41) is 2.87. The number of methoxy groups -OCH3 is 1. The van der Waals surface area contributed by atoms with Crippen LogP contribution >= 0.6 is 0 Å². The van der Waals surface area contributed by atoms with Gasteiger partial charge in [0, 0.05) is 19.2 Å². The Hall–Kier alpha value is -3.02. The number of hydrogen-bond acceptors (Lipinski definition) is 4. The minimum atomic E-state index is -0.415. The van der Waals surface area contributed by atoms with Crippen molar-refractivity contribution < 1.29 is 13.9 Å². The van der Waals surface area contributed by atoms with Crippen molar-refractivity contribution in [3.8, 4) is 5.75 Å². The van der Waals surface area contributed by atoms with Gasteiger partial charge < -0.3 is 14.5 Å². The molecule has 6 heteroatoms. The van der Waals surface area contributed by atoms with Crippen LogP contribution in [0.3, 0.4) is 0 Å². The molecule has 0 saturated carbocycles. The van der Waals surface area contributed by atoms with Gasteiger partial charge in [-0.1, -0.05) is 12.1 Å². The Bertz CT molecular complexity index is 954. The largest absolute Gasteiger partial charge is 0.497 e. The van der Waals surface area contributed by atoms with Crippen LogP contribution in [0, 0.1) is 0 Å². The second-order valence-corrected chi connectivity index (χ2v) is 6.21. The zero-order valence-electron chi connectivity index (χ0n) is 15.0. The maximum absolute atomic E-state index is 12.1. The number of fused-ring (bicyclic) bond motifs is 1. The van der Waals surface area contributed by atoms with Crippen LogP contribution in [0.4, 0.5) is 5.69 Å². The molecule has 2 aromatic carbocycles. The molecule has 0 fully saturated rings. The first-order valence-corrected chi connectivity index (χ1v) is 8.59. The molecule has 136 valence electrons. The summed E-state index contributed by atoms with van der Waals surface area (Å²) in [5.41, 5.74) is 3.06. The Morgan fingerprint density at radius 3 is 2.65 bits per heavy atom. The monoisotopic (exact) mass is 354 g/mol. The van der Waals surface area contributed by atoms with E-state index in [1.54, 1.807) is 32.4 Å². The summed E-state index contributed by atoms with van der Waals surface area (Å²) in [6.07, 6.45) is 3.14. The Balaban J connectivity index is 1.48. The molecular formula is C20H22N2O4. The van der Waals surface area contributed by atoms with E-state index in [0.717, 1.165) is 25.0 Å². The number of aromatic nitrogens is 1. The first-order valence-electron chi connectivity index (χ1n) is 8.59. The molecule has 0 radical (unpaired) electrons. The summed E-state index contributed by atoms with van der Waals surface area (Å²) in [6, 6.07) is 13.2. The maximum atomic E-state index is 12.1. The molecule has 0 aliphatic heterocycles. The Morgan fingerprint density at radius 1 is 1.15 bits per heavy atom. The molecule has 0 aliphatic carbocycles. The van der Waals surface area contributed by atoms with Gasteiger partial charge in [0.15, 0.2) is 5.58 Å². The standard InChI is InChI=1S/C20H22N2O4/c1-22-17-13-15(9-12-18(17)26-20(22)24)21-19(23)6-4-3-5-14-7-10-16(25-2)11-8-14/h7-13H,3-6H2,1-2H3,(H,21,23). The topological polar surface area (TPSA) is 73.5 Å². The van der Waals surface area contributed by atoms with Crippen molar-refractivity contribution in [2.75, 3.05) is 12.4 Å². The first-order chi connectivity index (χ1) is 12.6. The average Bonchev–Trinajstić information content (AvgIpc) is 2.93. The maximum Gasteiger partial charge on any atom is 0.419 e. The summed E-state index contributed by atoms with van der Waals surface area (Å²) in [6.45, 7) is 0. The van der Waals surface area contributed by atoms with Crippen molar-refractivity contribution in [1.29, 1.82) is 0 Å². The van der Waals surface area contributed by atoms with Gasteiger partial charge in [-0.2, -0.15) is 0 Å². The molecule has 0 unspecified atom stereocenters. The highest BCUT2D eigenvalue weighted by Gasteiger charge is 2.08. The van der Waals surface area contributed by atoms with Crippen LogP contribution in [-0.4, -0.2) is 17.6 Å². The lowest BCUT2D eigenvalue weighted by molar-refractivity contribution is -0.116. The van der Waals surface area contributed by atoms with Crippen LogP contribution in [0.5, 0.6) is 5.75 Å². The fourth-order valence-corrected chi connectivity index (χ4v) is 2.83. The van der Waals surface area contributed by atoms with Crippen LogP contribution in [0.15, 0.2) is 51.7 Å². The smallest absolute Gasteiger partial charge is 0.419 e. The molecule has 0 spiro atoms. The number of hydrogen-bond donors (Lipinski definition) is 1. The number of unbranched alkanes of at least 4 members (excludes halogenated alkanes) is 1. The van der Waals surface area contributed by atoms with E-state index in [1.165, 1.54) is 10.1 Å². The molecule has 0 aliphatic rings. The van der Waals surface area contributed by atoms with Crippen LogP contribution in [0.2, 0.25) is 0 Å². The van der Waals surface area contributed by atoms with Crippen molar-refractivity contribution in [3.05, 3.63) is 58.6 Å². The van der Waals surface area contributed by atoms with E-state index >= 15 is 0 Å². The van der Waals surface area contributed by atoms with E-state index in [0.29, 0.717) is 23.2 Å². The number of anilines is 1. The van der Waals surface area contributed by atoms with Gasteiger partial charge in [0.1, 0.15) is 5.75 Å². The van der Waals surface area contributed by atoms with E-state index in [4.69, 9.17) is 9.15 Å². The van der Waals surface area contributed by atoms with Gasteiger partial charge >= 0.3 is 5.76 Å². The third kappa shape index (κ3) is 4.14. The molecule has 3 aromatic rings. The number of ether oxygens (including phenoxy) is 1. The third-order valence-electron chi connectivity index (χ3n) is 4.35. The van der Waals surface area contributed by atoms with E-state index in [1.807, 2.05) is 24.3 Å². The minimum absolute atomic E-state index is 0.0347. The number of benzene rings is 2. The van der Waals surface area contributed by atoms with E-state index in [-0.39, 0.29) is 5.91 Å². The van der Waals surface area contributed by atoms with Crippen LogP contribution in [-0.2, 0) is 18.3 Å². The van der Waals surface area contributed by atoms with Gasteiger partial charge in [0.25, 0.3) is 0 Å². The number of oxazole rings is 1. The predicted octanol–water partition coefficient (Wildman–Crippen LogP) is 3.49. The first kappa shape index (κ1) is 17.8. The summed E-state index contributed by atoms with van der Waals surface area (Å²) in [4.78, 5) is 23.6. The van der Waals surface area contributed by atoms with Crippen LogP contribution in [0.1, 0.15) is 24.8 Å². The lowest BCUT2D eigenvalue weighted by atomic mass is 10.1. The fraction of sp³-hybridized carbons (Fsp3) is 0.300. The number of carbonyl (C=O) groups is 1. The SMILES string of the molecule is COc1ccc(CCCCC(=O)Nc2ccc3oc(=O)n(C)c3c2)cc1. The van der Waals surface area contributed by atoms with E-state index < -0.39 is 5.76 Å². The van der Waals surface area contributed by atoms with Gasteiger partial charge in [-0.25, -0.2) is 4.79 Å². The Labute approximate surface area is 151 Å². The molecule has 1 aromatic heterocycles. The van der Waals surface area contributed by atoms with E-state index in [2.05, 4.69) is 5.32 Å².